The minimum atomic E-state index is 0.285. The van der Waals surface area contributed by atoms with Gasteiger partial charge in [0.25, 0.3) is 0 Å². The third kappa shape index (κ3) is 2.69. The molecule has 1 N–H and O–H groups in total. The zero-order valence-electron chi connectivity index (χ0n) is 12.1. The van der Waals surface area contributed by atoms with Gasteiger partial charge in [0.15, 0.2) is 11.5 Å². The fourth-order valence-corrected chi connectivity index (χ4v) is 3.57. The Hall–Kier alpha value is -1.09. The van der Waals surface area contributed by atoms with Gasteiger partial charge in [-0.15, -0.1) is 0 Å². The fraction of sp³-hybridized carbons (Fsp3) is 0.625. The molecule has 3 rings (SSSR count). The van der Waals surface area contributed by atoms with E-state index in [1.54, 1.807) is 0 Å². The molecule has 1 aromatic rings. The topological polar surface area (TPSA) is 30.5 Å². The largest absolute Gasteiger partial charge is 0.454 e. The third-order valence-corrected chi connectivity index (χ3v) is 4.79. The summed E-state index contributed by atoms with van der Waals surface area (Å²) in [4.78, 5) is 0. The molecular weight excluding hydrogens is 274 g/mol. The first-order valence-electron chi connectivity index (χ1n) is 7.51. The SMILES string of the molecule is CC(C)C1CCCCC1Nc1cc2c(cc1Cl)OCO2. The number of nitrogens with one attached hydrogen (secondary N) is 1. The van der Waals surface area contributed by atoms with E-state index < -0.39 is 0 Å². The van der Waals surface area contributed by atoms with Crippen molar-refractivity contribution in [1.29, 1.82) is 0 Å². The van der Waals surface area contributed by atoms with E-state index in [1.807, 2.05) is 12.1 Å². The van der Waals surface area contributed by atoms with Crippen molar-refractivity contribution in [3.05, 3.63) is 17.2 Å². The van der Waals surface area contributed by atoms with Gasteiger partial charge in [-0.1, -0.05) is 38.3 Å². The normalized spacial score (nSPS) is 25.0. The maximum absolute atomic E-state index is 6.36. The monoisotopic (exact) mass is 295 g/mol. The van der Waals surface area contributed by atoms with Crippen molar-refractivity contribution >= 4 is 17.3 Å². The number of hydrogen-bond donors (Lipinski definition) is 1. The fourth-order valence-electron chi connectivity index (χ4n) is 3.36. The zero-order chi connectivity index (χ0) is 14.1. The molecular formula is C16H22ClNO2. The van der Waals surface area contributed by atoms with E-state index in [2.05, 4.69) is 19.2 Å². The van der Waals surface area contributed by atoms with Crippen molar-refractivity contribution in [2.24, 2.45) is 11.8 Å². The van der Waals surface area contributed by atoms with Crippen LogP contribution < -0.4 is 14.8 Å². The summed E-state index contributed by atoms with van der Waals surface area (Å²) < 4.78 is 10.8. The van der Waals surface area contributed by atoms with Crippen LogP contribution in [0.3, 0.4) is 0 Å². The molecule has 1 saturated carbocycles. The number of hydrogen-bond acceptors (Lipinski definition) is 3. The molecule has 1 heterocycles. The number of anilines is 1. The van der Waals surface area contributed by atoms with E-state index in [0.717, 1.165) is 17.2 Å². The molecule has 2 unspecified atom stereocenters. The van der Waals surface area contributed by atoms with E-state index in [-0.39, 0.29) is 6.79 Å². The molecule has 1 aliphatic heterocycles. The lowest BCUT2D eigenvalue weighted by molar-refractivity contribution is 0.174. The Bertz CT molecular complexity index is 490. The Labute approximate surface area is 125 Å². The minimum Gasteiger partial charge on any atom is -0.454 e. The van der Waals surface area contributed by atoms with Crippen molar-refractivity contribution in [2.75, 3.05) is 12.1 Å². The molecule has 2 aliphatic rings. The summed E-state index contributed by atoms with van der Waals surface area (Å²) in [5.41, 5.74) is 0.966. The highest BCUT2D eigenvalue weighted by molar-refractivity contribution is 6.33. The van der Waals surface area contributed by atoms with Gasteiger partial charge in [-0.3, -0.25) is 0 Å². The van der Waals surface area contributed by atoms with Gasteiger partial charge in [-0.2, -0.15) is 0 Å². The molecule has 1 aromatic carbocycles. The maximum Gasteiger partial charge on any atom is 0.231 e. The number of ether oxygens (including phenoxy) is 2. The summed E-state index contributed by atoms with van der Waals surface area (Å²) in [6, 6.07) is 4.32. The van der Waals surface area contributed by atoms with Crippen molar-refractivity contribution < 1.29 is 9.47 Å². The van der Waals surface area contributed by atoms with E-state index >= 15 is 0 Å². The second-order valence-corrected chi connectivity index (χ2v) is 6.54. The summed E-state index contributed by atoms with van der Waals surface area (Å²) in [6.45, 7) is 4.91. The van der Waals surface area contributed by atoms with Crippen LogP contribution in [-0.2, 0) is 0 Å². The molecule has 1 fully saturated rings. The van der Waals surface area contributed by atoms with E-state index in [9.17, 15) is 0 Å². The Morgan fingerprint density at radius 1 is 1.15 bits per heavy atom. The minimum absolute atomic E-state index is 0.285. The summed E-state index contributed by atoms with van der Waals surface area (Å²) in [7, 11) is 0. The summed E-state index contributed by atoms with van der Waals surface area (Å²) in [6.07, 6.45) is 5.16. The quantitative estimate of drug-likeness (QED) is 0.877. The van der Waals surface area contributed by atoms with Crippen LogP contribution in [0.15, 0.2) is 12.1 Å². The second kappa shape index (κ2) is 5.72. The van der Waals surface area contributed by atoms with Gasteiger partial charge in [0, 0.05) is 18.2 Å². The summed E-state index contributed by atoms with van der Waals surface area (Å²) in [5, 5.41) is 4.35. The van der Waals surface area contributed by atoms with Crippen molar-refractivity contribution in [1.82, 2.24) is 0 Å². The van der Waals surface area contributed by atoms with Crippen LogP contribution in [-0.4, -0.2) is 12.8 Å². The number of benzene rings is 1. The van der Waals surface area contributed by atoms with Gasteiger partial charge < -0.3 is 14.8 Å². The maximum atomic E-state index is 6.36. The van der Waals surface area contributed by atoms with Crippen LogP contribution in [0, 0.1) is 11.8 Å². The molecule has 0 aromatic heterocycles. The van der Waals surface area contributed by atoms with Crippen molar-refractivity contribution in [3.8, 4) is 11.5 Å². The molecule has 0 saturated heterocycles. The lowest BCUT2D eigenvalue weighted by Crippen LogP contribution is -2.35. The third-order valence-electron chi connectivity index (χ3n) is 4.48. The summed E-state index contributed by atoms with van der Waals surface area (Å²) in [5.74, 6) is 2.93. The lowest BCUT2D eigenvalue weighted by atomic mass is 9.78. The Kier molecular flexibility index (Phi) is 3.97. The average molecular weight is 296 g/mol. The van der Waals surface area contributed by atoms with Gasteiger partial charge in [0.2, 0.25) is 6.79 Å². The first-order chi connectivity index (χ1) is 9.65. The van der Waals surface area contributed by atoms with E-state index in [4.69, 9.17) is 21.1 Å². The predicted molar refractivity (Wildman–Crippen MR) is 81.8 cm³/mol. The highest BCUT2D eigenvalue weighted by atomic mass is 35.5. The van der Waals surface area contributed by atoms with Gasteiger partial charge >= 0.3 is 0 Å². The first-order valence-corrected chi connectivity index (χ1v) is 7.88. The molecule has 0 amide bonds. The van der Waals surface area contributed by atoms with Crippen LogP contribution >= 0.6 is 11.6 Å². The smallest absolute Gasteiger partial charge is 0.231 e. The Morgan fingerprint density at radius 3 is 2.60 bits per heavy atom. The number of fused-ring (bicyclic) bond motifs is 1. The van der Waals surface area contributed by atoms with Gasteiger partial charge in [0.1, 0.15) is 0 Å². The number of rotatable bonds is 3. The van der Waals surface area contributed by atoms with Crippen LogP contribution in [0.4, 0.5) is 5.69 Å². The van der Waals surface area contributed by atoms with E-state index in [1.165, 1.54) is 25.7 Å². The van der Waals surface area contributed by atoms with Crippen LogP contribution in [0.25, 0.3) is 0 Å². The van der Waals surface area contributed by atoms with Crippen LogP contribution in [0.1, 0.15) is 39.5 Å². The zero-order valence-corrected chi connectivity index (χ0v) is 12.9. The number of halogens is 1. The van der Waals surface area contributed by atoms with Crippen LogP contribution in [0.2, 0.25) is 5.02 Å². The van der Waals surface area contributed by atoms with Crippen molar-refractivity contribution in [3.63, 3.8) is 0 Å². The Morgan fingerprint density at radius 2 is 1.85 bits per heavy atom. The molecule has 4 heteroatoms. The predicted octanol–water partition coefficient (Wildman–Crippen LogP) is 4.70. The van der Waals surface area contributed by atoms with E-state index in [0.29, 0.717) is 22.9 Å². The summed E-state index contributed by atoms with van der Waals surface area (Å²) >= 11 is 6.36. The van der Waals surface area contributed by atoms with Gasteiger partial charge in [-0.25, -0.2) is 0 Å². The lowest BCUT2D eigenvalue weighted by Gasteiger charge is -2.35. The molecule has 0 spiro atoms. The molecule has 110 valence electrons. The molecule has 2 atom stereocenters. The van der Waals surface area contributed by atoms with Gasteiger partial charge in [-0.05, 0) is 24.7 Å². The molecule has 0 radical (unpaired) electrons. The molecule has 0 bridgehead atoms. The second-order valence-electron chi connectivity index (χ2n) is 6.13. The highest BCUT2D eigenvalue weighted by Crippen LogP contribution is 2.41. The highest BCUT2D eigenvalue weighted by Gasteiger charge is 2.28. The Balaban J connectivity index is 1.79. The van der Waals surface area contributed by atoms with Crippen LogP contribution in [0.5, 0.6) is 11.5 Å². The first kappa shape index (κ1) is 13.9. The molecule has 20 heavy (non-hydrogen) atoms. The molecule has 1 aliphatic carbocycles. The van der Waals surface area contributed by atoms with Crippen molar-refractivity contribution in [2.45, 2.75) is 45.6 Å². The van der Waals surface area contributed by atoms with Gasteiger partial charge in [0.05, 0.1) is 10.7 Å². The average Bonchev–Trinajstić information content (AvgIpc) is 2.86. The molecule has 3 nitrogen and oxygen atoms in total. The standard InChI is InChI=1S/C16H22ClNO2/c1-10(2)11-5-3-4-6-13(11)18-14-8-16-15(7-12(14)17)19-9-20-16/h7-8,10-11,13,18H,3-6,9H2,1-2H3.